The van der Waals surface area contributed by atoms with Crippen LogP contribution in [-0.4, -0.2) is 74.3 Å². The molecule has 1 fully saturated rings. The van der Waals surface area contributed by atoms with Gasteiger partial charge in [0.15, 0.2) is 24.6 Å². The number of ether oxygens (including phenoxy) is 4. The second kappa shape index (κ2) is 9.02. The summed E-state index contributed by atoms with van der Waals surface area (Å²) < 4.78 is 82.5. The van der Waals surface area contributed by atoms with E-state index in [0.717, 1.165) is 20.8 Å². The van der Waals surface area contributed by atoms with Gasteiger partial charge in [-0.3, -0.25) is 18.6 Å². The van der Waals surface area contributed by atoms with Crippen molar-refractivity contribution < 1.29 is 64.2 Å². The molecule has 0 unspecified atom stereocenters. The fourth-order valence-electron chi connectivity index (χ4n) is 2.23. The number of hydrogen-bond donors (Lipinski definition) is 1. The second-order valence-electron chi connectivity index (χ2n) is 5.47. The van der Waals surface area contributed by atoms with Gasteiger partial charge in [-0.2, -0.15) is 21.6 Å². The van der Waals surface area contributed by atoms with Crippen LogP contribution in [0.25, 0.3) is 0 Å². The summed E-state index contributed by atoms with van der Waals surface area (Å²) >= 11 is 0. The minimum Gasteiger partial charge on any atom is -0.456 e. The van der Waals surface area contributed by atoms with E-state index in [-0.39, 0.29) is 0 Å². The Morgan fingerprint density at radius 3 is 1.79 bits per heavy atom. The zero-order valence-electron chi connectivity index (χ0n) is 14.7. The summed E-state index contributed by atoms with van der Waals surface area (Å²) in [5.74, 6) is -2.97. The summed E-state index contributed by atoms with van der Waals surface area (Å²) in [6.07, 6.45) is -9.11. The minimum absolute atomic E-state index is 0.890. The molecule has 11 nitrogen and oxygen atoms in total. The van der Waals surface area contributed by atoms with Gasteiger partial charge in [0, 0.05) is 20.8 Å². The van der Waals surface area contributed by atoms with Crippen molar-refractivity contribution in [1.82, 2.24) is 0 Å². The van der Waals surface area contributed by atoms with Crippen molar-refractivity contribution in [3.8, 4) is 0 Å². The van der Waals surface area contributed by atoms with Crippen LogP contribution < -0.4 is 0 Å². The molecule has 15 heteroatoms. The number of halogens is 3. The maximum atomic E-state index is 12.4. The zero-order chi connectivity index (χ0) is 21.9. The molecule has 1 rings (SSSR count). The van der Waals surface area contributed by atoms with Gasteiger partial charge < -0.3 is 24.1 Å². The molecule has 0 aliphatic carbocycles. The average Bonchev–Trinajstić information content (AvgIpc) is 2.49. The summed E-state index contributed by atoms with van der Waals surface area (Å²) in [6, 6.07) is 0. The largest absolute Gasteiger partial charge is 0.523 e. The number of rotatable bonds is 6. The molecular formula is C13H17F3O11S. The summed E-state index contributed by atoms with van der Waals surface area (Å²) in [4.78, 5) is 33.9. The Labute approximate surface area is 156 Å². The third-order valence-electron chi connectivity index (χ3n) is 3.19. The Morgan fingerprint density at radius 1 is 0.929 bits per heavy atom. The molecule has 1 N–H and O–H groups in total. The lowest BCUT2D eigenvalue weighted by Crippen LogP contribution is -2.62. The molecule has 0 radical (unpaired) electrons. The van der Waals surface area contributed by atoms with E-state index in [4.69, 9.17) is 18.9 Å². The first-order chi connectivity index (χ1) is 12.7. The number of carbonyl (C=O) groups excluding carboxylic acids is 3. The number of aliphatic hydroxyl groups excluding tert-OH is 1. The Kier molecular flexibility index (Phi) is 7.75. The second-order valence-corrected chi connectivity index (χ2v) is 7.08. The van der Waals surface area contributed by atoms with E-state index in [1.165, 1.54) is 0 Å². The lowest BCUT2D eigenvalue weighted by molar-refractivity contribution is -0.294. The highest BCUT2D eigenvalue weighted by Crippen LogP contribution is 2.30. The van der Waals surface area contributed by atoms with E-state index in [1.54, 1.807) is 0 Å². The quantitative estimate of drug-likeness (QED) is 0.244. The molecule has 0 saturated carbocycles. The number of alkyl halides is 3. The Bertz CT molecular complexity index is 705. The zero-order valence-corrected chi connectivity index (χ0v) is 15.5. The monoisotopic (exact) mass is 438 g/mol. The van der Waals surface area contributed by atoms with Gasteiger partial charge in [0.1, 0.15) is 6.10 Å². The SMILES string of the molecule is CC(=O)O[C@H]1[C@@H](OC(C)=O)[C@H](O)O[C@H](COS(=O)(=O)C(F)(F)F)[C@H]1OC(C)=O. The van der Waals surface area contributed by atoms with Crippen LogP contribution in [0.3, 0.4) is 0 Å². The highest BCUT2D eigenvalue weighted by atomic mass is 32.2. The third-order valence-corrected chi connectivity index (χ3v) is 4.20. The van der Waals surface area contributed by atoms with Crippen LogP contribution in [0.15, 0.2) is 0 Å². The van der Waals surface area contributed by atoms with Gasteiger partial charge in [-0.05, 0) is 0 Å². The van der Waals surface area contributed by atoms with Gasteiger partial charge in [-0.25, -0.2) is 0 Å². The van der Waals surface area contributed by atoms with E-state index < -0.39 is 70.8 Å². The number of aliphatic hydroxyl groups is 1. The number of carbonyl (C=O) groups is 3. The topological polar surface area (TPSA) is 152 Å². The lowest BCUT2D eigenvalue weighted by Gasteiger charge is -2.42. The van der Waals surface area contributed by atoms with Crippen LogP contribution in [0.4, 0.5) is 13.2 Å². The maximum absolute atomic E-state index is 12.4. The summed E-state index contributed by atoms with van der Waals surface area (Å²) in [7, 11) is -6.03. The van der Waals surface area contributed by atoms with Crippen molar-refractivity contribution in [2.45, 2.75) is 57.0 Å². The van der Waals surface area contributed by atoms with Gasteiger partial charge in [0.25, 0.3) is 0 Å². The molecular weight excluding hydrogens is 421 g/mol. The Hall–Kier alpha value is -1.97. The lowest BCUT2D eigenvalue weighted by atomic mass is 9.98. The summed E-state index contributed by atoms with van der Waals surface area (Å²) in [6.45, 7) is 1.38. The highest BCUT2D eigenvalue weighted by molar-refractivity contribution is 7.87. The Balaban J connectivity index is 3.19. The summed E-state index contributed by atoms with van der Waals surface area (Å²) in [5, 5.41) is 9.95. The van der Waals surface area contributed by atoms with Crippen molar-refractivity contribution in [3.05, 3.63) is 0 Å². The molecule has 0 aromatic heterocycles. The van der Waals surface area contributed by atoms with Crippen LogP contribution in [0.1, 0.15) is 20.8 Å². The minimum atomic E-state index is -6.03. The standard InChI is InChI=1S/C13H17F3O11S/c1-5(17)24-9-8(4-23-28(21,22)13(14,15)16)27-12(20)11(26-7(3)19)10(9)25-6(2)18/h8-12,20H,4H2,1-3H3/t8-,9-,10-,11-,12-/m1/s1. The summed E-state index contributed by atoms with van der Waals surface area (Å²) in [5.41, 5.74) is -5.74. The normalized spacial score (nSPS) is 28.3. The fourth-order valence-corrected chi connectivity index (χ4v) is 2.68. The van der Waals surface area contributed by atoms with E-state index in [2.05, 4.69) is 4.18 Å². The fraction of sp³-hybridized carbons (Fsp3) is 0.769. The van der Waals surface area contributed by atoms with Crippen molar-refractivity contribution >= 4 is 28.0 Å². The smallest absolute Gasteiger partial charge is 0.456 e. The van der Waals surface area contributed by atoms with Crippen LogP contribution in [0, 0.1) is 0 Å². The van der Waals surface area contributed by atoms with E-state index in [1.807, 2.05) is 0 Å². The van der Waals surface area contributed by atoms with E-state index >= 15 is 0 Å². The molecule has 1 aliphatic rings. The van der Waals surface area contributed by atoms with Crippen LogP contribution in [0.2, 0.25) is 0 Å². The van der Waals surface area contributed by atoms with Crippen LogP contribution in [0.5, 0.6) is 0 Å². The third kappa shape index (κ3) is 6.29. The highest BCUT2D eigenvalue weighted by Gasteiger charge is 2.53. The molecule has 1 heterocycles. The molecule has 5 atom stereocenters. The molecule has 1 saturated heterocycles. The van der Waals surface area contributed by atoms with Crippen LogP contribution >= 0.6 is 0 Å². The van der Waals surface area contributed by atoms with Crippen molar-refractivity contribution in [3.63, 3.8) is 0 Å². The van der Waals surface area contributed by atoms with Gasteiger partial charge in [-0.15, -0.1) is 0 Å². The van der Waals surface area contributed by atoms with Gasteiger partial charge in [-0.1, -0.05) is 0 Å². The molecule has 1 aliphatic heterocycles. The van der Waals surface area contributed by atoms with E-state index in [0.29, 0.717) is 0 Å². The Morgan fingerprint density at radius 2 is 1.36 bits per heavy atom. The molecule has 0 amide bonds. The van der Waals surface area contributed by atoms with Crippen LogP contribution in [-0.2, 0) is 47.6 Å². The number of hydrogen-bond acceptors (Lipinski definition) is 11. The molecule has 0 aromatic carbocycles. The first kappa shape index (κ1) is 24.1. The van der Waals surface area contributed by atoms with E-state index in [9.17, 15) is 41.1 Å². The molecule has 28 heavy (non-hydrogen) atoms. The molecule has 0 aromatic rings. The van der Waals surface area contributed by atoms with Crippen molar-refractivity contribution in [2.75, 3.05) is 6.61 Å². The molecule has 0 bridgehead atoms. The predicted octanol–water partition coefficient (Wildman–Crippen LogP) is -0.635. The van der Waals surface area contributed by atoms with Gasteiger partial charge in [0.2, 0.25) is 0 Å². The first-order valence-corrected chi connectivity index (χ1v) is 8.87. The molecule has 162 valence electrons. The van der Waals surface area contributed by atoms with Crippen molar-refractivity contribution in [1.29, 1.82) is 0 Å². The molecule has 0 spiro atoms. The van der Waals surface area contributed by atoms with Gasteiger partial charge in [0.05, 0.1) is 6.61 Å². The first-order valence-electron chi connectivity index (χ1n) is 7.46. The average molecular weight is 438 g/mol. The van der Waals surface area contributed by atoms with Crippen molar-refractivity contribution in [2.24, 2.45) is 0 Å². The maximum Gasteiger partial charge on any atom is 0.523 e. The predicted molar refractivity (Wildman–Crippen MR) is 78.5 cm³/mol. The number of esters is 3. The van der Waals surface area contributed by atoms with Gasteiger partial charge >= 0.3 is 33.5 Å².